The maximum absolute atomic E-state index is 11.5. The van der Waals surface area contributed by atoms with Crippen LogP contribution in [-0.2, 0) is 14.8 Å². The summed E-state index contributed by atoms with van der Waals surface area (Å²) in [4.78, 5) is 0. The van der Waals surface area contributed by atoms with Gasteiger partial charge in [-0.3, -0.25) is 0 Å². The molecule has 0 aliphatic heterocycles. The highest BCUT2D eigenvalue weighted by Gasteiger charge is 2.27. The Labute approximate surface area is 79.7 Å². The van der Waals surface area contributed by atoms with Gasteiger partial charge in [0, 0.05) is 13.7 Å². The molecular formula is C8H17NO3S. The van der Waals surface area contributed by atoms with Crippen LogP contribution in [0.4, 0.5) is 0 Å². The van der Waals surface area contributed by atoms with Crippen LogP contribution >= 0.6 is 0 Å². The number of rotatable bonds is 5. The minimum Gasteiger partial charge on any atom is -0.383 e. The molecule has 0 unspecified atom stereocenters. The molecule has 1 aliphatic rings. The Kier molecular flexibility index (Phi) is 4.15. The summed E-state index contributed by atoms with van der Waals surface area (Å²) < 4.78 is 30.4. The van der Waals surface area contributed by atoms with Crippen molar-refractivity contribution in [3.63, 3.8) is 0 Å². The highest BCUT2D eigenvalue weighted by atomic mass is 32.2. The molecule has 0 radical (unpaired) electrons. The van der Waals surface area contributed by atoms with Crippen molar-refractivity contribution < 1.29 is 13.2 Å². The van der Waals surface area contributed by atoms with E-state index in [1.165, 1.54) is 0 Å². The van der Waals surface area contributed by atoms with Crippen LogP contribution in [0.1, 0.15) is 25.7 Å². The van der Waals surface area contributed by atoms with Crippen LogP contribution in [0.2, 0.25) is 0 Å². The monoisotopic (exact) mass is 207 g/mol. The maximum atomic E-state index is 11.5. The van der Waals surface area contributed by atoms with E-state index in [-0.39, 0.29) is 5.25 Å². The summed E-state index contributed by atoms with van der Waals surface area (Å²) in [5.74, 6) is 0. The Bertz CT molecular complexity index is 232. The van der Waals surface area contributed by atoms with Crippen molar-refractivity contribution in [1.29, 1.82) is 0 Å². The Morgan fingerprint density at radius 1 is 1.38 bits per heavy atom. The molecule has 0 atom stereocenters. The van der Waals surface area contributed by atoms with Crippen LogP contribution in [0.15, 0.2) is 0 Å². The maximum Gasteiger partial charge on any atom is 0.214 e. The van der Waals surface area contributed by atoms with E-state index in [1.807, 2.05) is 0 Å². The molecular weight excluding hydrogens is 190 g/mol. The number of ether oxygens (including phenoxy) is 1. The van der Waals surface area contributed by atoms with Crippen molar-refractivity contribution in [2.75, 3.05) is 20.3 Å². The average molecular weight is 207 g/mol. The van der Waals surface area contributed by atoms with E-state index >= 15 is 0 Å². The smallest absolute Gasteiger partial charge is 0.214 e. The lowest BCUT2D eigenvalue weighted by Gasteiger charge is -2.11. The SMILES string of the molecule is COCCNS(=O)(=O)C1CCCC1. The predicted molar refractivity (Wildman–Crippen MR) is 51.1 cm³/mol. The minimum atomic E-state index is -3.06. The topological polar surface area (TPSA) is 55.4 Å². The molecule has 5 heteroatoms. The number of sulfonamides is 1. The fourth-order valence-electron chi connectivity index (χ4n) is 1.60. The van der Waals surface area contributed by atoms with Gasteiger partial charge in [-0.15, -0.1) is 0 Å². The van der Waals surface area contributed by atoms with Crippen molar-refractivity contribution >= 4 is 10.0 Å². The zero-order valence-electron chi connectivity index (χ0n) is 7.95. The summed E-state index contributed by atoms with van der Waals surface area (Å²) in [6.45, 7) is 0.821. The molecule has 78 valence electrons. The molecule has 0 aromatic carbocycles. The standard InChI is InChI=1S/C8H17NO3S/c1-12-7-6-9-13(10,11)8-4-2-3-5-8/h8-9H,2-7H2,1H3. The molecule has 0 amide bonds. The van der Waals surface area contributed by atoms with Gasteiger partial charge in [-0.2, -0.15) is 0 Å². The number of hydrogen-bond acceptors (Lipinski definition) is 3. The van der Waals surface area contributed by atoms with Gasteiger partial charge < -0.3 is 4.74 Å². The quantitative estimate of drug-likeness (QED) is 0.668. The first kappa shape index (κ1) is 10.9. The molecule has 1 saturated carbocycles. The lowest BCUT2D eigenvalue weighted by Crippen LogP contribution is -2.34. The number of hydrogen-bond donors (Lipinski definition) is 1. The Hall–Kier alpha value is -0.130. The Morgan fingerprint density at radius 3 is 2.54 bits per heavy atom. The van der Waals surface area contributed by atoms with Crippen molar-refractivity contribution in [1.82, 2.24) is 4.72 Å². The molecule has 1 aliphatic carbocycles. The Morgan fingerprint density at radius 2 is 2.00 bits per heavy atom. The first-order valence-corrected chi connectivity index (χ1v) is 6.19. The molecule has 0 aromatic rings. The fraction of sp³-hybridized carbons (Fsp3) is 1.00. The van der Waals surface area contributed by atoms with Crippen LogP contribution in [0.5, 0.6) is 0 Å². The normalized spacial score (nSPS) is 19.5. The van der Waals surface area contributed by atoms with Gasteiger partial charge in [0.05, 0.1) is 11.9 Å². The number of methoxy groups -OCH3 is 1. The lowest BCUT2D eigenvalue weighted by molar-refractivity contribution is 0.204. The summed E-state index contributed by atoms with van der Waals surface area (Å²) in [5.41, 5.74) is 0. The lowest BCUT2D eigenvalue weighted by atomic mass is 10.4. The van der Waals surface area contributed by atoms with Crippen molar-refractivity contribution in [2.24, 2.45) is 0 Å². The van der Waals surface area contributed by atoms with Gasteiger partial charge in [0.15, 0.2) is 0 Å². The van der Waals surface area contributed by atoms with Gasteiger partial charge in [0.1, 0.15) is 0 Å². The molecule has 1 fully saturated rings. The third kappa shape index (κ3) is 3.25. The molecule has 4 nitrogen and oxygen atoms in total. The van der Waals surface area contributed by atoms with Gasteiger partial charge >= 0.3 is 0 Å². The van der Waals surface area contributed by atoms with Crippen LogP contribution in [-0.4, -0.2) is 33.9 Å². The van der Waals surface area contributed by atoms with Crippen molar-refractivity contribution in [3.05, 3.63) is 0 Å². The second-order valence-corrected chi connectivity index (χ2v) is 5.38. The van der Waals surface area contributed by atoms with E-state index in [4.69, 9.17) is 4.74 Å². The molecule has 13 heavy (non-hydrogen) atoms. The van der Waals surface area contributed by atoms with E-state index in [1.54, 1.807) is 7.11 Å². The summed E-state index contributed by atoms with van der Waals surface area (Å²) in [5, 5.41) is -0.163. The van der Waals surface area contributed by atoms with Crippen LogP contribution in [0.3, 0.4) is 0 Å². The Balaban J connectivity index is 2.36. The molecule has 0 heterocycles. The van der Waals surface area contributed by atoms with Crippen molar-refractivity contribution in [3.8, 4) is 0 Å². The zero-order chi connectivity index (χ0) is 9.73. The summed E-state index contributed by atoms with van der Waals surface area (Å²) >= 11 is 0. The van der Waals surface area contributed by atoms with Gasteiger partial charge in [-0.1, -0.05) is 12.8 Å². The third-order valence-corrected chi connectivity index (χ3v) is 4.31. The third-order valence-electron chi connectivity index (χ3n) is 2.35. The zero-order valence-corrected chi connectivity index (χ0v) is 8.77. The average Bonchev–Trinajstić information content (AvgIpc) is 2.56. The van der Waals surface area contributed by atoms with Crippen molar-refractivity contribution in [2.45, 2.75) is 30.9 Å². The first-order chi connectivity index (χ1) is 6.17. The van der Waals surface area contributed by atoms with E-state index in [0.717, 1.165) is 25.7 Å². The second-order valence-electron chi connectivity index (χ2n) is 3.34. The highest BCUT2D eigenvalue weighted by Crippen LogP contribution is 2.23. The molecule has 0 aromatic heterocycles. The van der Waals surface area contributed by atoms with Crippen LogP contribution < -0.4 is 4.72 Å². The largest absolute Gasteiger partial charge is 0.383 e. The molecule has 0 spiro atoms. The second kappa shape index (κ2) is 4.93. The molecule has 1 rings (SSSR count). The first-order valence-electron chi connectivity index (χ1n) is 4.64. The van der Waals surface area contributed by atoms with E-state index < -0.39 is 10.0 Å². The highest BCUT2D eigenvalue weighted by molar-refractivity contribution is 7.90. The summed E-state index contributed by atoms with van der Waals surface area (Å²) in [6.07, 6.45) is 3.69. The van der Waals surface area contributed by atoms with Gasteiger partial charge in [-0.05, 0) is 12.8 Å². The molecule has 0 saturated heterocycles. The van der Waals surface area contributed by atoms with E-state index in [2.05, 4.69) is 4.72 Å². The molecule has 0 bridgehead atoms. The van der Waals surface area contributed by atoms with E-state index in [9.17, 15) is 8.42 Å². The van der Waals surface area contributed by atoms with Gasteiger partial charge in [0.2, 0.25) is 10.0 Å². The van der Waals surface area contributed by atoms with Crippen LogP contribution in [0.25, 0.3) is 0 Å². The van der Waals surface area contributed by atoms with E-state index in [0.29, 0.717) is 13.2 Å². The number of nitrogens with one attached hydrogen (secondary N) is 1. The van der Waals surface area contributed by atoms with Gasteiger partial charge in [0.25, 0.3) is 0 Å². The summed E-state index contributed by atoms with van der Waals surface area (Å²) in [6, 6.07) is 0. The molecule has 1 N–H and O–H groups in total. The summed E-state index contributed by atoms with van der Waals surface area (Å²) in [7, 11) is -1.50. The predicted octanol–water partition coefficient (Wildman–Crippen LogP) is 0.495. The van der Waals surface area contributed by atoms with Gasteiger partial charge in [-0.25, -0.2) is 13.1 Å². The fourth-order valence-corrected chi connectivity index (χ4v) is 3.16. The van der Waals surface area contributed by atoms with Crippen LogP contribution in [0, 0.1) is 0 Å². The minimum absolute atomic E-state index is 0.163.